The molecule has 0 saturated carbocycles. The van der Waals surface area contributed by atoms with Crippen molar-refractivity contribution in [3.63, 3.8) is 0 Å². The summed E-state index contributed by atoms with van der Waals surface area (Å²) in [6.45, 7) is 0.792. The lowest BCUT2D eigenvalue weighted by molar-refractivity contribution is -0.132. The van der Waals surface area contributed by atoms with E-state index in [1.807, 2.05) is 18.2 Å². The number of hydrogen-bond donors (Lipinski definition) is 0. The molecule has 0 spiro atoms. The number of aromatic nitrogens is 3. The zero-order chi connectivity index (χ0) is 20.1. The van der Waals surface area contributed by atoms with E-state index in [4.69, 9.17) is 0 Å². The van der Waals surface area contributed by atoms with Gasteiger partial charge < -0.3 is 9.47 Å². The molecule has 0 unspecified atom stereocenters. The molecule has 1 aromatic carbocycles. The van der Waals surface area contributed by atoms with Crippen molar-refractivity contribution in [1.82, 2.24) is 19.7 Å². The van der Waals surface area contributed by atoms with Gasteiger partial charge in [0.25, 0.3) is 0 Å². The van der Waals surface area contributed by atoms with Crippen molar-refractivity contribution >= 4 is 21.5 Å². The Morgan fingerprint density at radius 1 is 1.11 bits per heavy atom. The van der Waals surface area contributed by atoms with Crippen LogP contribution in [0.5, 0.6) is 0 Å². The summed E-state index contributed by atoms with van der Waals surface area (Å²) in [6.07, 6.45) is 3.23. The van der Waals surface area contributed by atoms with Gasteiger partial charge in [-0.05, 0) is 19.3 Å². The van der Waals surface area contributed by atoms with Crippen LogP contribution in [0.3, 0.4) is 0 Å². The van der Waals surface area contributed by atoms with E-state index in [1.54, 1.807) is 24.1 Å². The van der Waals surface area contributed by atoms with Crippen LogP contribution < -0.4 is 0 Å². The van der Waals surface area contributed by atoms with E-state index in [0.29, 0.717) is 50.8 Å². The highest BCUT2D eigenvalue weighted by molar-refractivity contribution is 7.91. The summed E-state index contributed by atoms with van der Waals surface area (Å²) in [5, 5.41) is 6.76. The average molecular weight is 404 g/mol. The topological polar surface area (TPSA) is 102 Å². The van der Waals surface area contributed by atoms with Crippen LogP contribution >= 0.6 is 0 Å². The number of carbonyl (C=O) groups excluding carboxylic acids is 2. The predicted molar refractivity (Wildman–Crippen MR) is 102 cm³/mol. The number of hydrogen-bond acceptors (Lipinski definition) is 6. The first kappa shape index (κ1) is 20.2. The summed E-state index contributed by atoms with van der Waals surface area (Å²) in [4.78, 5) is 26.2. The van der Waals surface area contributed by atoms with Gasteiger partial charge in [-0.25, -0.2) is 8.42 Å². The normalized spacial score (nSPS) is 15.5. The molecule has 0 aliphatic carbocycles. The Hall–Kier alpha value is -2.55. The molecule has 1 aliphatic rings. The van der Waals surface area contributed by atoms with Crippen molar-refractivity contribution in [1.29, 1.82) is 0 Å². The second-order valence-electron chi connectivity index (χ2n) is 6.99. The first-order valence-electron chi connectivity index (χ1n) is 9.33. The summed E-state index contributed by atoms with van der Waals surface area (Å²) in [5.74, 6) is -0.00255. The maximum Gasteiger partial charge on any atom is 0.249 e. The standard InChI is InChI=1S/C19H24N4O4S/c1-22-14-20-21-19(22)28(26,27)16-10-12-23(13-11-16)18(25)9-5-8-17(24)15-6-3-2-4-7-15/h2-4,6-7,14,16H,5,8-13H2,1H3. The van der Waals surface area contributed by atoms with Gasteiger partial charge in [-0.1, -0.05) is 30.3 Å². The number of amides is 1. The van der Waals surface area contributed by atoms with E-state index in [9.17, 15) is 18.0 Å². The molecule has 0 atom stereocenters. The number of ketones is 1. The molecule has 2 aromatic rings. The summed E-state index contributed by atoms with van der Waals surface area (Å²) in [5.41, 5.74) is 0.657. The molecule has 9 heteroatoms. The quantitative estimate of drug-likeness (QED) is 0.650. The largest absolute Gasteiger partial charge is 0.343 e. The summed E-state index contributed by atoms with van der Waals surface area (Å²) < 4.78 is 26.7. The molecular formula is C19H24N4O4S. The Morgan fingerprint density at radius 3 is 2.39 bits per heavy atom. The van der Waals surface area contributed by atoms with Crippen molar-refractivity contribution in [2.45, 2.75) is 42.5 Å². The van der Waals surface area contributed by atoms with Gasteiger partial charge in [0, 0.05) is 38.5 Å². The highest BCUT2D eigenvalue weighted by Gasteiger charge is 2.35. The van der Waals surface area contributed by atoms with Crippen LogP contribution in [0.15, 0.2) is 41.8 Å². The van der Waals surface area contributed by atoms with Crippen LogP contribution in [-0.2, 0) is 21.7 Å². The van der Waals surface area contributed by atoms with Gasteiger partial charge in [-0.15, -0.1) is 10.2 Å². The molecule has 1 aromatic heterocycles. The predicted octanol–water partition coefficient (Wildman–Crippen LogP) is 1.63. The number of aryl methyl sites for hydroxylation is 1. The fourth-order valence-electron chi connectivity index (χ4n) is 3.42. The zero-order valence-electron chi connectivity index (χ0n) is 15.8. The number of likely N-dealkylation sites (tertiary alicyclic amines) is 1. The Balaban J connectivity index is 1.46. The first-order chi connectivity index (χ1) is 13.4. The Bertz CT molecular complexity index is 932. The Kier molecular flexibility index (Phi) is 6.23. The van der Waals surface area contributed by atoms with Crippen LogP contribution in [-0.4, -0.2) is 58.1 Å². The molecule has 1 saturated heterocycles. The molecule has 28 heavy (non-hydrogen) atoms. The molecule has 0 N–H and O–H groups in total. The fraction of sp³-hybridized carbons (Fsp3) is 0.474. The number of nitrogens with zero attached hydrogens (tertiary/aromatic N) is 4. The van der Waals surface area contributed by atoms with Gasteiger partial charge in [0.2, 0.25) is 20.9 Å². The molecule has 8 nitrogen and oxygen atoms in total. The minimum atomic E-state index is -3.55. The maximum atomic E-state index is 12.7. The molecule has 0 bridgehead atoms. The smallest absolute Gasteiger partial charge is 0.249 e. The zero-order valence-corrected chi connectivity index (χ0v) is 16.6. The van der Waals surface area contributed by atoms with E-state index in [1.165, 1.54) is 10.9 Å². The van der Waals surface area contributed by atoms with Gasteiger partial charge in [0.05, 0.1) is 5.25 Å². The Labute approximate surface area is 164 Å². The number of Topliss-reactive ketones (excluding diaryl/α,β-unsaturated/α-hetero) is 1. The minimum absolute atomic E-state index is 0.0295. The highest BCUT2D eigenvalue weighted by Crippen LogP contribution is 2.23. The fourth-order valence-corrected chi connectivity index (χ4v) is 5.16. The van der Waals surface area contributed by atoms with Gasteiger partial charge in [-0.3, -0.25) is 9.59 Å². The van der Waals surface area contributed by atoms with Gasteiger partial charge in [-0.2, -0.15) is 0 Å². The molecule has 3 rings (SSSR count). The van der Waals surface area contributed by atoms with E-state index in [0.717, 1.165) is 0 Å². The molecular weight excluding hydrogens is 380 g/mol. The lowest BCUT2D eigenvalue weighted by atomic mass is 10.0. The number of sulfone groups is 1. The van der Waals surface area contributed by atoms with Crippen LogP contribution in [0.4, 0.5) is 0 Å². The lowest BCUT2D eigenvalue weighted by Gasteiger charge is -2.31. The van der Waals surface area contributed by atoms with Crippen molar-refractivity contribution in [3.8, 4) is 0 Å². The maximum absolute atomic E-state index is 12.7. The molecule has 1 aliphatic heterocycles. The third kappa shape index (κ3) is 4.46. The molecule has 2 heterocycles. The first-order valence-corrected chi connectivity index (χ1v) is 10.9. The number of benzene rings is 1. The number of piperidine rings is 1. The summed E-state index contributed by atoms with van der Waals surface area (Å²) >= 11 is 0. The second kappa shape index (κ2) is 8.64. The van der Waals surface area contributed by atoms with E-state index in [2.05, 4.69) is 10.2 Å². The monoisotopic (exact) mass is 404 g/mol. The van der Waals surface area contributed by atoms with E-state index < -0.39 is 15.1 Å². The van der Waals surface area contributed by atoms with Crippen molar-refractivity contribution < 1.29 is 18.0 Å². The number of carbonyl (C=O) groups is 2. The second-order valence-corrected chi connectivity index (χ2v) is 9.11. The van der Waals surface area contributed by atoms with Crippen LogP contribution in [0.1, 0.15) is 42.5 Å². The van der Waals surface area contributed by atoms with E-state index in [-0.39, 0.29) is 16.8 Å². The van der Waals surface area contributed by atoms with Crippen molar-refractivity contribution in [3.05, 3.63) is 42.2 Å². The van der Waals surface area contributed by atoms with Gasteiger partial charge in [0.15, 0.2) is 5.78 Å². The lowest BCUT2D eigenvalue weighted by Crippen LogP contribution is -2.42. The van der Waals surface area contributed by atoms with E-state index >= 15 is 0 Å². The van der Waals surface area contributed by atoms with Crippen LogP contribution in [0.2, 0.25) is 0 Å². The molecule has 1 fully saturated rings. The van der Waals surface area contributed by atoms with Crippen molar-refractivity contribution in [2.24, 2.45) is 7.05 Å². The molecule has 1 amide bonds. The molecule has 150 valence electrons. The van der Waals surface area contributed by atoms with Crippen molar-refractivity contribution in [2.75, 3.05) is 13.1 Å². The van der Waals surface area contributed by atoms with Crippen LogP contribution in [0, 0.1) is 0 Å². The molecule has 0 radical (unpaired) electrons. The third-order valence-corrected chi connectivity index (χ3v) is 7.28. The Morgan fingerprint density at radius 2 is 1.79 bits per heavy atom. The highest BCUT2D eigenvalue weighted by atomic mass is 32.2. The van der Waals surface area contributed by atoms with Crippen LogP contribution in [0.25, 0.3) is 0 Å². The third-order valence-electron chi connectivity index (χ3n) is 5.05. The number of rotatable bonds is 7. The summed E-state index contributed by atoms with van der Waals surface area (Å²) in [7, 11) is -1.95. The average Bonchev–Trinajstić information content (AvgIpc) is 3.15. The van der Waals surface area contributed by atoms with Gasteiger partial charge in [0.1, 0.15) is 6.33 Å². The SMILES string of the molecule is Cn1cnnc1S(=O)(=O)C1CCN(C(=O)CCCC(=O)c2ccccc2)CC1. The minimum Gasteiger partial charge on any atom is -0.343 e. The summed E-state index contributed by atoms with van der Waals surface area (Å²) in [6, 6.07) is 9.03. The van der Waals surface area contributed by atoms with Gasteiger partial charge >= 0.3 is 0 Å².